The summed E-state index contributed by atoms with van der Waals surface area (Å²) < 4.78 is 0. The maximum Gasteiger partial charge on any atom is 0.247 e. The highest BCUT2D eigenvalue weighted by Gasteiger charge is 2.43. The van der Waals surface area contributed by atoms with Crippen LogP contribution in [0.25, 0.3) is 0 Å². The lowest BCUT2D eigenvalue weighted by Crippen LogP contribution is -2.61. The van der Waals surface area contributed by atoms with Gasteiger partial charge in [-0.25, -0.2) is 0 Å². The molecule has 1 atom stereocenters. The number of benzene rings is 7. The molecular formula is C43H31BN2. The molecule has 0 amide bonds. The Balaban J connectivity index is 1.32. The second-order valence-corrected chi connectivity index (χ2v) is 12.1. The summed E-state index contributed by atoms with van der Waals surface area (Å²) in [5, 5.41) is 0. The largest absolute Gasteiger partial charge is 0.312 e. The van der Waals surface area contributed by atoms with Crippen molar-refractivity contribution in [1.82, 2.24) is 0 Å². The van der Waals surface area contributed by atoms with Crippen molar-refractivity contribution >= 4 is 57.2 Å². The number of hydrogen-bond acceptors (Lipinski definition) is 2. The molecule has 0 N–H and O–H groups in total. The Kier molecular flexibility index (Phi) is 6.35. The lowest BCUT2D eigenvalue weighted by molar-refractivity contribution is 0.983. The molecule has 0 saturated heterocycles. The van der Waals surface area contributed by atoms with Gasteiger partial charge in [0.1, 0.15) is 0 Å². The quantitative estimate of drug-likeness (QED) is 0.186. The highest BCUT2D eigenvalue weighted by atomic mass is 15.2. The van der Waals surface area contributed by atoms with Gasteiger partial charge >= 0.3 is 0 Å². The third kappa shape index (κ3) is 4.20. The molecule has 46 heavy (non-hydrogen) atoms. The molecule has 0 bridgehead atoms. The molecule has 216 valence electrons. The molecule has 2 nitrogen and oxygen atoms in total. The molecular weight excluding hydrogens is 555 g/mol. The summed E-state index contributed by atoms with van der Waals surface area (Å²) >= 11 is 0. The maximum absolute atomic E-state index is 2.46. The topological polar surface area (TPSA) is 6.48 Å². The summed E-state index contributed by atoms with van der Waals surface area (Å²) in [6, 6.07) is 66.3. The fourth-order valence-corrected chi connectivity index (χ4v) is 7.72. The first kappa shape index (κ1) is 26.6. The van der Waals surface area contributed by atoms with Gasteiger partial charge in [-0.1, -0.05) is 127 Å². The van der Waals surface area contributed by atoms with Gasteiger partial charge in [-0.05, 0) is 88.3 Å². The molecule has 0 saturated carbocycles. The second kappa shape index (κ2) is 11.0. The summed E-state index contributed by atoms with van der Waals surface area (Å²) in [6.07, 6.45) is 0. The van der Waals surface area contributed by atoms with Crippen LogP contribution in [-0.4, -0.2) is 6.71 Å². The molecule has 0 radical (unpaired) electrons. The smallest absolute Gasteiger partial charge is 0.247 e. The van der Waals surface area contributed by atoms with Gasteiger partial charge in [-0.15, -0.1) is 0 Å². The van der Waals surface area contributed by atoms with Crippen molar-refractivity contribution < 1.29 is 0 Å². The summed E-state index contributed by atoms with van der Waals surface area (Å²) in [7, 11) is 0. The minimum atomic E-state index is 0.0960. The zero-order valence-electron chi connectivity index (χ0n) is 25.4. The maximum atomic E-state index is 2.46. The molecule has 7 aromatic rings. The van der Waals surface area contributed by atoms with Crippen molar-refractivity contribution in [3.8, 4) is 0 Å². The standard InChI is InChI=1S/C43H31BN2/c1-5-16-31(17-6-1)42-36-24-15-27-41-43(36)44(39-25-13-14-26-40(39)46(41)34-22-11-4-12-23-34)38-29-28-35(30-37(38)42)45(32-18-7-2-8-19-32)33-20-9-3-10-21-33/h1-30,42H. The third-order valence-electron chi connectivity index (χ3n) is 9.57. The molecule has 2 heterocycles. The van der Waals surface area contributed by atoms with Crippen molar-refractivity contribution in [3.63, 3.8) is 0 Å². The Morgan fingerprint density at radius 1 is 0.435 bits per heavy atom. The summed E-state index contributed by atoms with van der Waals surface area (Å²) in [5.74, 6) is 0.0960. The van der Waals surface area contributed by atoms with Crippen LogP contribution < -0.4 is 26.2 Å². The lowest BCUT2D eigenvalue weighted by atomic mass is 9.31. The summed E-state index contributed by atoms with van der Waals surface area (Å²) in [6.45, 7) is 0.133. The van der Waals surface area contributed by atoms with Gasteiger partial charge in [0.25, 0.3) is 0 Å². The number of rotatable bonds is 5. The van der Waals surface area contributed by atoms with Crippen LogP contribution in [-0.2, 0) is 0 Å². The molecule has 2 aliphatic rings. The molecule has 1 unspecified atom stereocenters. The minimum Gasteiger partial charge on any atom is -0.312 e. The number of anilines is 6. The van der Waals surface area contributed by atoms with Crippen LogP contribution in [0.15, 0.2) is 182 Å². The van der Waals surface area contributed by atoms with Crippen LogP contribution in [0, 0.1) is 0 Å². The van der Waals surface area contributed by atoms with Crippen LogP contribution in [0.2, 0.25) is 0 Å². The Morgan fingerprint density at radius 2 is 1.02 bits per heavy atom. The van der Waals surface area contributed by atoms with Crippen molar-refractivity contribution in [2.24, 2.45) is 0 Å². The van der Waals surface area contributed by atoms with Crippen LogP contribution in [0.4, 0.5) is 34.1 Å². The first-order valence-corrected chi connectivity index (χ1v) is 16.0. The number of nitrogens with zero attached hydrogens (tertiary/aromatic N) is 2. The van der Waals surface area contributed by atoms with Crippen molar-refractivity contribution in [2.75, 3.05) is 9.80 Å². The monoisotopic (exact) mass is 586 g/mol. The Labute approximate surface area is 270 Å². The fourth-order valence-electron chi connectivity index (χ4n) is 7.72. The van der Waals surface area contributed by atoms with E-state index in [9.17, 15) is 0 Å². The van der Waals surface area contributed by atoms with E-state index in [2.05, 4.69) is 192 Å². The van der Waals surface area contributed by atoms with Gasteiger partial charge in [0.05, 0.1) is 0 Å². The predicted molar refractivity (Wildman–Crippen MR) is 194 cm³/mol. The summed E-state index contributed by atoms with van der Waals surface area (Å²) in [4.78, 5) is 4.83. The Hall–Kier alpha value is -5.80. The average molecular weight is 587 g/mol. The van der Waals surface area contributed by atoms with E-state index < -0.39 is 0 Å². The molecule has 3 heteroatoms. The van der Waals surface area contributed by atoms with Gasteiger partial charge in [-0.3, -0.25) is 0 Å². The molecule has 9 rings (SSSR count). The molecule has 0 fully saturated rings. The van der Waals surface area contributed by atoms with Crippen LogP contribution in [0.3, 0.4) is 0 Å². The van der Waals surface area contributed by atoms with E-state index in [0.29, 0.717) is 0 Å². The first-order chi connectivity index (χ1) is 22.9. The number of hydrogen-bond donors (Lipinski definition) is 0. The highest BCUT2D eigenvalue weighted by molar-refractivity contribution is 6.99. The lowest BCUT2D eigenvalue weighted by Gasteiger charge is -2.43. The Bertz CT molecular complexity index is 2130. The van der Waals surface area contributed by atoms with Crippen molar-refractivity contribution in [1.29, 1.82) is 0 Å². The molecule has 0 aliphatic carbocycles. The highest BCUT2D eigenvalue weighted by Crippen LogP contribution is 2.43. The Morgan fingerprint density at radius 3 is 1.72 bits per heavy atom. The van der Waals surface area contributed by atoms with Gasteiger partial charge in [-0.2, -0.15) is 0 Å². The van der Waals surface area contributed by atoms with Crippen LogP contribution >= 0.6 is 0 Å². The summed E-state index contributed by atoms with van der Waals surface area (Å²) in [5.41, 5.74) is 15.3. The van der Waals surface area contributed by atoms with Gasteiger partial charge in [0, 0.05) is 40.0 Å². The SMILES string of the molecule is c1ccc(C2c3cc(N(c4ccccc4)c4ccccc4)ccc3B3c4ccccc4N(c4ccccc4)c4cccc2c43)cc1. The van der Waals surface area contributed by atoms with E-state index in [0.717, 1.165) is 17.1 Å². The molecule has 7 aromatic carbocycles. The average Bonchev–Trinajstić information content (AvgIpc) is 3.13. The fraction of sp³-hybridized carbons (Fsp3) is 0.0233. The normalized spacial score (nSPS) is 14.2. The third-order valence-corrected chi connectivity index (χ3v) is 9.57. The van der Waals surface area contributed by atoms with Crippen LogP contribution in [0.1, 0.15) is 22.6 Å². The molecule has 0 aromatic heterocycles. The van der Waals surface area contributed by atoms with E-state index in [-0.39, 0.29) is 12.6 Å². The van der Waals surface area contributed by atoms with Crippen molar-refractivity contribution in [2.45, 2.75) is 5.92 Å². The van der Waals surface area contributed by atoms with Crippen LogP contribution in [0.5, 0.6) is 0 Å². The first-order valence-electron chi connectivity index (χ1n) is 16.0. The zero-order chi connectivity index (χ0) is 30.5. The van der Waals surface area contributed by atoms with E-state index >= 15 is 0 Å². The van der Waals surface area contributed by atoms with E-state index in [1.54, 1.807) is 0 Å². The molecule has 2 aliphatic heterocycles. The van der Waals surface area contributed by atoms with Crippen molar-refractivity contribution in [3.05, 3.63) is 199 Å². The predicted octanol–water partition coefficient (Wildman–Crippen LogP) is 8.95. The number of fused-ring (bicyclic) bond motifs is 4. The molecule has 0 spiro atoms. The minimum absolute atomic E-state index is 0.0960. The van der Waals surface area contributed by atoms with Gasteiger partial charge < -0.3 is 9.80 Å². The van der Waals surface area contributed by atoms with E-state index in [4.69, 9.17) is 0 Å². The zero-order valence-corrected chi connectivity index (χ0v) is 25.4. The van der Waals surface area contributed by atoms with Gasteiger partial charge in [0.2, 0.25) is 6.71 Å². The van der Waals surface area contributed by atoms with E-state index in [1.165, 1.54) is 50.1 Å². The number of para-hydroxylation sites is 4. The van der Waals surface area contributed by atoms with E-state index in [1.807, 2.05) is 0 Å². The second-order valence-electron chi connectivity index (χ2n) is 12.1. The van der Waals surface area contributed by atoms with Gasteiger partial charge in [0.15, 0.2) is 0 Å².